The summed E-state index contributed by atoms with van der Waals surface area (Å²) in [7, 11) is 0. The number of rotatable bonds is 17. The van der Waals surface area contributed by atoms with E-state index in [0.717, 1.165) is 0 Å². The topological polar surface area (TPSA) is 281 Å². The maximum absolute atomic E-state index is 13.0. The van der Waals surface area contributed by atoms with Gasteiger partial charge < -0.3 is 48.3 Å². The molecule has 1 aromatic heterocycles. The van der Waals surface area contributed by atoms with Crippen molar-refractivity contribution in [2.75, 3.05) is 6.54 Å². The van der Waals surface area contributed by atoms with Crippen LogP contribution >= 0.6 is 0 Å². The van der Waals surface area contributed by atoms with Gasteiger partial charge in [0.05, 0.1) is 18.8 Å². The van der Waals surface area contributed by atoms with Gasteiger partial charge in [0.2, 0.25) is 17.7 Å². The number of aromatic amines is 1. The average molecular weight is 540 g/mol. The number of carboxylic acids is 2. The first-order chi connectivity index (χ1) is 17.8. The molecule has 0 saturated carbocycles. The van der Waals surface area contributed by atoms with Crippen LogP contribution < -0.4 is 33.2 Å². The predicted octanol–water partition coefficient (Wildman–Crippen LogP) is -2.61. The molecule has 5 unspecified atom stereocenters. The number of nitrogens with zero attached hydrogens (tertiary/aromatic N) is 2. The Kier molecular flexibility index (Phi) is 13.2. The molecular weight excluding hydrogens is 502 g/mol. The molecule has 12 N–H and O–H groups in total. The molecule has 0 bridgehead atoms. The van der Waals surface area contributed by atoms with Crippen LogP contribution in [0.2, 0.25) is 0 Å². The van der Waals surface area contributed by atoms with Crippen LogP contribution in [0.3, 0.4) is 0 Å². The number of aliphatic carboxylic acids is 2. The first-order valence-corrected chi connectivity index (χ1v) is 12.0. The van der Waals surface area contributed by atoms with E-state index in [0.29, 0.717) is 12.1 Å². The normalized spacial score (nSPS) is 14.7. The Labute approximate surface area is 219 Å². The highest BCUT2D eigenvalue weighted by Crippen LogP contribution is 2.08. The van der Waals surface area contributed by atoms with Crippen LogP contribution in [-0.2, 0) is 30.4 Å². The van der Waals surface area contributed by atoms with Crippen molar-refractivity contribution in [1.82, 2.24) is 25.9 Å². The van der Waals surface area contributed by atoms with Crippen molar-refractivity contribution in [3.05, 3.63) is 18.2 Å². The van der Waals surface area contributed by atoms with E-state index < -0.39 is 60.2 Å². The van der Waals surface area contributed by atoms with Crippen molar-refractivity contribution >= 4 is 35.6 Å². The number of imidazole rings is 1. The number of aliphatic imine (C=N–C) groups is 1. The molecule has 0 aliphatic heterocycles. The zero-order valence-corrected chi connectivity index (χ0v) is 21.3. The van der Waals surface area contributed by atoms with Gasteiger partial charge in [-0.1, -0.05) is 20.3 Å². The fourth-order valence-electron chi connectivity index (χ4n) is 3.30. The lowest BCUT2D eigenvalue weighted by molar-refractivity contribution is -0.143. The maximum atomic E-state index is 13.0. The van der Waals surface area contributed by atoms with Gasteiger partial charge in [0.1, 0.15) is 18.1 Å². The number of H-pyrrole nitrogens is 1. The third-order valence-corrected chi connectivity index (χ3v) is 5.74. The summed E-state index contributed by atoms with van der Waals surface area (Å²) < 4.78 is 0. The number of guanidine groups is 1. The van der Waals surface area contributed by atoms with Gasteiger partial charge in [0.15, 0.2) is 5.96 Å². The molecule has 0 fully saturated rings. The highest BCUT2D eigenvalue weighted by molar-refractivity contribution is 5.95. The van der Waals surface area contributed by atoms with E-state index in [2.05, 4.69) is 30.9 Å². The van der Waals surface area contributed by atoms with Gasteiger partial charge in [-0.05, 0) is 18.8 Å². The summed E-state index contributed by atoms with van der Waals surface area (Å²) in [6.07, 6.45) is 2.64. The number of carbonyl (C=O) groups excluding carboxylic acids is 3. The van der Waals surface area contributed by atoms with Crippen LogP contribution in [0.1, 0.15) is 45.2 Å². The molecule has 0 saturated heterocycles. The van der Waals surface area contributed by atoms with E-state index in [-0.39, 0.29) is 37.7 Å². The number of hydrogen-bond donors (Lipinski definition) is 9. The summed E-state index contributed by atoms with van der Waals surface area (Å²) in [4.78, 5) is 72.0. The average Bonchev–Trinajstić information content (AvgIpc) is 3.36. The lowest BCUT2D eigenvalue weighted by Gasteiger charge is -2.25. The Morgan fingerprint density at radius 1 is 1.03 bits per heavy atom. The minimum atomic E-state index is -1.54. The summed E-state index contributed by atoms with van der Waals surface area (Å²) >= 11 is 0. The molecule has 3 amide bonds. The van der Waals surface area contributed by atoms with Crippen LogP contribution in [-0.4, -0.2) is 86.5 Å². The fourth-order valence-corrected chi connectivity index (χ4v) is 3.30. The second kappa shape index (κ2) is 15.8. The first kappa shape index (κ1) is 31.8. The second-order valence-electron chi connectivity index (χ2n) is 8.76. The molecule has 38 heavy (non-hydrogen) atoms. The zero-order chi connectivity index (χ0) is 28.8. The highest BCUT2D eigenvalue weighted by Gasteiger charge is 2.32. The third-order valence-electron chi connectivity index (χ3n) is 5.74. The molecule has 212 valence electrons. The van der Waals surface area contributed by atoms with Crippen LogP contribution in [0.25, 0.3) is 0 Å². The molecule has 0 aliphatic carbocycles. The van der Waals surface area contributed by atoms with Crippen molar-refractivity contribution in [3.63, 3.8) is 0 Å². The Hall–Kier alpha value is -4.21. The minimum Gasteiger partial charge on any atom is -0.481 e. The van der Waals surface area contributed by atoms with Crippen LogP contribution in [0.15, 0.2) is 17.5 Å². The van der Waals surface area contributed by atoms with Crippen molar-refractivity contribution in [1.29, 1.82) is 0 Å². The third kappa shape index (κ3) is 11.2. The number of carbonyl (C=O) groups is 5. The summed E-state index contributed by atoms with van der Waals surface area (Å²) in [5.41, 5.74) is 16.9. The van der Waals surface area contributed by atoms with Crippen LogP contribution in [0.4, 0.5) is 0 Å². The number of hydrogen-bond acceptors (Lipinski definition) is 8. The Bertz CT molecular complexity index is 980. The van der Waals surface area contributed by atoms with Crippen LogP contribution in [0, 0.1) is 5.92 Å². The molecule has 0 radical (unpaired) electrons. The van der Waals surface area contributed by atoms with Crippen molar-refractivity contribution in [2.45, 2.75) is 70.1 Å². The quantitative estimate of drug-likeness (QED) is 0.0561. The smallest absolute Gasteiger partial charge is 0.326 e. The Morgan fingerprint density at radius 2 is 1.63 bits per heavy atom. The maximum Gasteiger partial charge on any atom is 0.326 e. The van der Waals surface area contributed by atoms with E-state index in [4.69, 9.17) is 17.2 Å². The van der Waals surface area contributed by atoms with E-state index in [1.54, 1.807) is 6.92 Å². The molecule has 0 aliphatic rings. The summed E-state index contributed by atoms with van der Waals surface area (Å²) in [5, 5.41) is 25.9. The SMILES string of the molecule is CCC(C)C(N)C(=O)NC(CC(=O)O)C(=O)NC(CCCN=C(N)N)C(=O)NC(Cc1cnc[nH]1)C(=O)O. The highest BCUT2D eigenvalue weighted by atomic mass is 16.4. The van der Waals surface area contributed by atoms with E-state index in [1.165, 1.54) is 12.5 Å². The van der Waals surface area contributed by atoms with Crippen molar-refractivity contribution < 1.29 is 34.2 Å². The van der Waals surface area contributed by atoms with Crippen molar-refractivity contribution in [3.8, 4) is 0 Å². The lowest BCUT2D eigenvalue weighted by Crippen LogP contribution is -2.58. The van der Waals surface area contributed by atoms with E-state index in [9.17, 15) is 34.2 Å². The van der Waals surface area contributed by atoms with Gasteiger partial charge in [-0.25, -0.2) is 9.78 Å². The van der Waals surface area contributed by atoms with Gasteiger partial charge in [0, 0.05) is 24.9 Å². The molecule has 0 aromatic carbocycles. The zero-order valence-electron chi connectivity index (χ0n) is 21.3. The number of nitrogens with one attached hydrogen (secondary N) is 4. The number of aromatic nitrogens is 2. The summed E-state index contributed by atoms with van der Waals surface area (Å²) in [6, 6.07) is -5.18. The number of carboxylic acid groups (broad SMARTS) is 2. The van der Waals surface area contributed by atoms with Gasteiger partial charge in [-0.2, -0.15) is 0 Å². The van der Waals surface area contributed by atoms with Gasteiger partial charge in [-0.3, -0.25) is 24.2 Å². The summed E-state index contributed by atoms with van der Waals surface area (Å²) in [5.74, 6) is -5.63. The van der Waals surface area contributed by atoms with Crippen LogP contribution in [0.5, 0.6) is 0 Å². The summed E-state index contributed by atoms with van der Waals surface area (Å²) in [6.45, 7) is 3.66. The largest absolute Gasteiger partial charge is 0.481 e. The first-order valence-electron chi connectivity index (χ1n) is 12.0. The van der Waals surface area contributed by atoms with Gasteiger partial charge in [0.25, 0.3) is 0 Å². The standard InChI is InChI=1S/C22H37N9O7/c1-3-11(2)17(23)20(36)30-14(8-16(32)33)19(35)29-13(5-4-6-27-22(24)25)18(34)31-15(21(37)38)7-12-9-26-10-28-12/h9-11,13-15,17H,3-8,23H2,1-2H3,(H,26,28)(H,29,35)(H,30,36)(H,31,34)(H,32,33)(H,37,38)(H4,24,25,27). The van der Waals surface area contributed by atoms with E-state index >= 15 is 0 Å². The predicted molar refractivity (Wildman–Crippen MR) is 135 cm³/mol. The molecule has 1 aromatic rings. The lowest BCUT2D eigenvalue weighted by atomic mass is 9.99. The molecule has 5 atom stereocenters. The van der Waals surface area contributed by atoms with Gasteiger partial charge >= 0.3 is 11.9 Å². The molecule has 1 rings (SSSR count). The molecular formula is C22H37N9O7. The molecule has 16 nitrogen and oxygen atoms in total. The number of nitrogens with two attached hydrogens (primary N) is 3. The second-order valence-corrected chi connectivity index (χ2v) is 8.76. The molecule has 0 spiro atoms. The molecule has 1 heterocycles. The van der Waals surface area contributed by atoms with E-state index in [1.807, 2.05) is 6.92 Å². The Balaban J connectivity index is 3.07. The minimum absolute atomic E-state index is 0.0229. The monoisotopic (exact) mass is 539 g/mol. The van der Waals surface area contributed by atoms with Gasteiger partial charge in [-0.15, -0.1) is 0 Å². The fraction of sp³-hybridized carbons (Fsp3) is 0.591. The van der Waals surface area contributed by atoms with Crippen molar-refractivity contribution in [2.24, 2.45) is 28.1 Å². The number of amides is 3. The Morgan fingerprint density at radius 3 is 2.16 bits per heavy atom. The molecule has 16 heteroatoms.